The van der Waals surface area contributed by atoms with Crippen LogP contribution in [0.5, 0.6) is 11.5 Å². The van der Waals surface area contributed by atoms with Gasteiger partial charge in [0.25, 0.3) is 0 Å². The maximum absolute atomic E-state index is 13.7. The minimum Gasteiger partial charge on any atom is -0.493 e. The molecule has 3 rings (SSSR count). The van der Waals surface area contributed by atoms with E-state index in [0.29, 0.717) is 52.1 Å². The van der Waals surface area contributed by atoms with Crippen molar-refractivity contribution in [3.63, 3.8) is 0 Å². The molecule has 0 aromatic heterocycles. The summed E-state index contributed by atoms with van der Waals surface area (Å²) in [5, 5.41) is 23.6. The van der Waals surface area contributed by atoms with E-state index in [1.165, 1.54) is 7.11 Å². The lowest BCUT2D eigenvalue weighted by molar-refractivity contribution is -0.141. The van der Waals surface area contributed by atoms with Crippen molar-refractivity contribution in [3.05, 3.63) is 32.9 Å². The maximum Gasteiger partial charge on any atom is 0.247 e. The number of nitrogens with zero attached hydrogens (tertiary/aromatic N) is 1. The summed E-state index contributed by atoms with van der Waals surface area (Å²) in [6.07, 6.45) is 7.22. The zero-order chi connectivity index (χ0) is 29.8. The van der Waals surface area contributed by atoms with Gasteiger partial charge in [0, 0.05) is 43.7 Å². The second kappa shape index (κ2) is 17.0. The quantitative estimate of drug-likeness (QED) is 0.137. The number of hydrogen-bond acceptors (Lipinski definition) is 8. The molecular weight excluding hydrogens is 643 g/mol. The molecular formula is C30H43IN2O8. The Labute approximate surface area is 255 Å². The topological polar surface area (TPSA) is 135 Å². The Morgan fingerprint density at radius 2 is 2.02 bits per heavy atom. The highest BCUT2D eigenvalue weighted by atomic mass is 127. The first-order chi connectivity index (χ1) is 19.8. The molecule has 10 nitrogen and oxygen atoms in total. The first kappa shape index (κ1) is 33.3. The van der Waals surface area contributed by atoms with E-state index in [4.69, 9.17) is 14.2 Å². The summed E-state index contributed by atoms with van der Waals surface area (Å²) >= 11 is 2.03. The number of hydrogen-bond donors (Lipinski definition) is 3. The molecule has 3 N–H and O–H groups in total. The van der Waals surface area contributed by atoms with Gasteiger partial charge in [0.05, 0.1) is 29.4 Å². The van der Waals surface area contributed by atoms with Crippen LogP contribution >= 0.6 is 22.6 Å². The van der Waals surface area contributed by atoms with Crippen molar-refractivity contribution in [2.45, 2.75) is 89.1 Å². The number of carbonyl (C=O) groups excluding carboxylic acids is 3. The fourth-order valence-corrected chi connectivity index (χ4v) is 6.04. The van der Waals surface area contributed by atoms with Gasteiger partial charge in [-0.25, -0.2) is 0 Å². The van der Waals surface area contributed by atoms with Gasteiger partial charge in [0.2, 0.25) is 11.8 Å². The van der Waals surface area contributed by atoms with Gasteiger partial charge >= 0.3 is 0 Å². The van der Waals surface area contributed by atoms with Crippen molar-refractivity contribution in [3.8, 4) is 11.5 Å². The van der Waals surface area contributed by atoms with Crippen LogP contribution in [-0.4, -0.2) is 91.0 Å². The Morgan fingerprint density at radius 1 is 1.24 bits per heavy atom. The number of unbranched alkanes of at least 4 members (excludes halogenated alkanes) is 4. The highest BCUT2D eigenvalue weighted by Crippen LogP contribution is 2.37. The van der Waals surface area contributed by atoms with Gasteiger partial charge in [-0.1, -0.05) is 32.6 Å². The zero-order valence-corrected chi connectivity index (χ0v) is 26.1. The standard InChI is InChI=1S/C30H43IN2O8/c1-3-4-5-6-7-10-27(36)33(18-22-9-8-13-40-22)24-16-21(30(38)32-11-12-34)17-25(28(24)37)41-29-23(31)14-20(19-35)15-26(29)39-2/h14-15,17,19,22,24-25,28,34,37H,3-13,16,18H2,1-2H3,(H,32,38). The van der Waals surface area contributed by atoms with Crippen LogP contribution in [0.1, 0.15) is 75.1 Å². The summed E-state index contributed by atoms with van der Waals surface area (Å²) in [4.78, 5) is 39.8. The first-order valence-electron chi connectivity index (χ1n) is 14.5. The normalized spacial score (nSPS) is 22.1. The van der Waals surface area contributed by atoms with E-state index in [2.05, 4.69) is 12.2 Å². The van der Waals surface area contributed by atoms with Crippen LogP contribution in [0.25, 0.3) is 0 Å². The number of amides is 2. The lowest BCUT2D eigenvalue weighted by Crippen LogP contribution is -2.56. The lowest BCUT2D eigenvalue weighted by Gasteiger charge is -2.41. The summed E-state index contributed by atoms with van der Waals surface area (Å²) in [6.45, 7) is 2.96. The Hall–Kier alpha value is -2.22. The van der Waals surface area contributed by atoms with Gasteiger partial charge in [0.15, 0.2) is 11.5 Å². The second-order valence-electron chi connectivity index (χ2n) is 10.5. The van der Waals surface area contributed by atoms with E-state index in [9.17, 15) is 24.6 Å². The Kier molecular flexibility index (Phi) is 13.8. The van der Waals surface area contributed by atoms with Gasteiger partial charge in [-0.15, -0.1) is 0 Å². The predicted octanol–water partition coefficient (Wildman–Crippen LogP) is 3.40. The zero-order valence-electron chi connectivity index (χ0n) is 24.0. The number of benzene rings is 1. The van der Waals surface area contributed by atoms with Crippen LogP contribution in [0, 0.1) is 3.57 Å². The molecule has 1 aromatic carbocycles. The highest BCUT2D eigenvalue weighted by molar-refractivity contribution is 14.1. The monoisotopic (exact) mass is 686 g/mol. The molecule has 1 aliphatic heterocycles. The van der Waals surface area contributed by atoms with E-state index in [0.717, 1.165) is 44.9 Å². The van der Waals surface area contributed by atoms with Gasteiger partial charge in [-0.3, -0.25) is 14.4 Å². The largest absolute Gasteiger partial charge is 0.493 e. The minimum atomic E-state index is -1.15. The van der Waals surface area contributed by atoms with Crippen molar-refractivity contribution >= 4 is 40.7 Å². The Balaban J connectivity index is 1.93. The van der Waals surface area contributed by atoms with Gasteiger partial charge in [-0.05, 0) is 60.1 Å². The van der Waals surface area contributed by atoms with Crippen LogP contribution in [0.2, 0.25) is 0 Å². The van der Waals surface area contributed by atoms with Crippen molar-refractivity contribution < 1.29 is 38.8 Å². The molecule has 0 saturated carbocycles. The van der Waals surface area contributed by atoms with E-state index < -0.39 is 24.2 Å². The summed E-state index contributed by atoms with van der Waals surface area (Å²) < 4.78 is 18.2. The molecule has 2 amide bonds. The minimum absolute atomic E-state index is 0.0735. The van der Waals surface area contributed by atoms with Gasteiger partial charge in [0.1, 0.15) is 18.5 Å². The first-order valence-corrected chi connectivity index (χ1v) is 15.6. The third kappa shape index (κ3) is 9.39. The van der Waals surface area contributed by atoms with Gasteiger partial charge < -0.3 is 34.6 Å². The smallest absolute Gasteiger partial charge is 0.247 e. The maximum atomic E-state index is 13.7. The molecule has 0 bridgehead atoms. The highest BCUT2D eigenvalue weighted by Gasteiger charge is 2.41. The molecule has 228 valence electrons. The second-order valence-corrected chi connectivity index (χ2v) is 11.7. The van der Waals surface area contributed by atoms with E-state index in [-0.39, 0.29) is 31.6 Å². The summed E-state index contributed by atoms with van der Waals surface area (Å²) in [5.74, 6) is 0.154. The Morgan fingerprint density at radius 3 is 2.68 bits per heavy atom. The van der Waals surface area contributed by atoms with Crippen molar-refractivity contribution in [2.24, 2.45) is 0 Å². The number of carbonyl (C=O) groups is 3. The van der Waals surface area contributed by atoms with Crippen LogP contribution in [0.4, 0.5) is 0 Å². The van der Waals surface area contributed by atoms with Crippen LogP contribution in [-0.2, 0) is 14.3 Å². The van der Waals surface area contributed by atoms with E-state index >= 15 is 0 Å². The molecule has 1 saturated heterocycles. The molecule has 41 heavy (non-hydrogen) atoms. The number of halogens is 1. The average molecular weight is 687 g/mol. The third-order valence-electron chi connectivity index (χ3n) is 7.50. The number of aliphatic hydroxyl groups excluding tert-OH is 2. The number of methoxy groups -OCH3 is 1. The van der Waals surface area contributed by atoms with Crippen molar-refractivity contribution in [1.29, 1.82) is 0 Å². The molecule has 4 atom stereocenters. The van der Waals surface area contributed by atoms with Crippen LogP contribution < -0.4 is 14.8 Å². The molecule has 4 unspecified atom stereocenters. The number of rotatable bonds is 16. The number of ether oxygens (including phenoxy) is 3. The molecule has 11 heteroatoms. The number of aldehydes is 1. The molecule has 1 aromatic rings. The molecule has 1 aliphatic carbocycles. The Bertz CT molecular complexity index is 1060. The van der Waals surface area contributed by atoms with Crippen molar-refractivity contribution in [1.82, 2.24) is 10.2 Å². The van der Waals surface area contributed by atoms with Crippen LogP contribution in [0.15, 0.2) is 23.8 Å². The fourth-order valence-electron chi connectivity index (χ4n) is 5.29. The number of aliphatic hydroxyl groups is 2. The van der Waals surface area contributed by atoms with Gasteiger partial charge in [-0.2, -0.15) is 0 Å². The van der Waals surface area contributed by atoms with E-state index in [1.807, 2.05) is 22.6 Å². The van der Waals surface area contributed by atoms with E-state index in [1.54, 1.807) is 23.1 Å². The average Bonchev–Trinajstić information content (AvgIpc) is 3.49. The molecule has 0 radical (unpaired) electrons. The summed E-state index contributed by atoms with van der Waals surface area (Å²) in [7, 11) is 1.46. The summed E-state index contributed by atoms with van der Waals surface area (Å²) in [6, 6.07) is 2.45. The molecule has 1 fully saturated rings. The predicted molar refractivity (Wildman–Crippen MR) is 162 cm³/mol. The van der Waals surface area contributed by atoms with Crippen molar-refractivity contribution in [2.75, 3.05) is 33.4 Å². The molecule has 2 aliphatic rings. The number of nitrogens with one attached hydrogen (secondary N) is 1. The fraction of sp³-hybridized carbons (Fsp3) is 0.633. The molecule has 0 spiro atoms. The third-order valence-corrected chi connectivity index (χ3v) is 8.30. The SMILES string of the molecule is CCCCCCCC(=O)N(CC1CCCO1)C1CC(C(=O)NCCO)=CC(Oc2c(I)cc(C=O)cc2OC)C1O. The lowest BCUT2D eigenvalue weighted by atomic mass is 9.87. The summed E-state index contributed by atoms with van der Waals surface area (Å²) in [5.41, 5.74) is 0.762. The molecule has 1 heterocycles. The van der Waals surface area contributed by atoms with Crippen LogP contribution in [0.3, 0.4) is 0 Å².